The normalized spacial score (nSPS) is 10.3. The summed E-state index contributed by atoms with van der Waals surface area (Å²) >= 11 is 0. The fraction of sp³-hybridized carbons (Fsp3) is 0.182. The van der Waals surface area contributed by atoms with Gasteiger partial charge in [0.1, 0.15) is 5.75 Å². The van der Waals surface area contributed by atoms with Crippen molar-refractivity contribution in [2.45, 2.75) is 6.61 Å². The summed E-state index contributed by atoms with van der Waals surface area (Å²) in [4.78, 5) is 3.97. The van der Waals surface area contributed by atoms with Gasteiger partial charge < -0.3 is 14.4 Å². The Balaban J connectivity index is 2.43. The Labute approximate surface area is 87.8 Å². The van der Waals surface area contributed by atoms with Crippen LogP contribution in [-0.4, -0.2) is 21.8 Å². The summed E-state index contributed by atoms with van der Waals surface area (Å²) in [5.74, 6) is 0.696. The second kappa shape index (κ2) is 4.14. The highest BCUT2D eigenvalue weighted by molar-refractivity contribution is 5.43. The summed E-state index contributed by atoms with van der Waals surface area (Å²) in [5, 5.41) is 9.17. The fourth-order valence-electron chi connectivity index (χ4n) is 1.46. The largest absolute Gasteiger partial charge is 0.496 e. The third kappa shape index (κ3) is 1.85. The van der Waals surface area contributed by atoms with Crippen molar-refractivity contribution in [3.63, 3.8) is 0 Å². The van der Waals surface area contributed by atoms with Gasteiger partial charge in [0, 0.05) is 23.6 Å². The molecular weight excluding hydrogens is 192 g/mol. The quantitative estimate of drug-likeness (QED) is 0.821. The zero-order valence-corrected chi connectivity index (χ0v) is 8.42. The van der Waals surface area contributed by atoms with E-state index in [1.54, 1.807) is 19.6 Å². The van der Waals surface area contributed by atoms with Crippen LogP contribution in [0.4, 0.5) is 0 Å². The van der Waals surface area contributed by atoms with Crippen LogP contribution in [0.15, 0.2) is 36.9 Å². The zero-order valence-electron chi connectivity index (χ0n) is 8.42. The molecule has 0 aliphatic carbocycles. The number of ether oxygens (including phenoxy) is 1. The summed E-state index contributed by atoms with van der Waals surface area (Å²) in [6.45, 7) is -0.0360. The minimum Gasteiger partial charge on any atom is -0.496 e. The molecule has 4 nitrogen and oxygen atoms in total. The third-order valence-electron chi connectivity index (χ3n) is 2.24. The molecule has 0 aliphatic rings. The van der Waals surface area contributed by atoms with Crippen LogP contribution in [0.1, 0.15) is 5.56 Å². The molecule has 78 valence electrons. The van der Waals surface area contributed by atoms with E-state index in [2.05, 4.69) is 4.98 Å². The van der Waals surface area contributed by atoms with Gasteiger partial charge in [-0.25, -0.2) is 4.98 Å². The minimum absolute atomic E-state index is 0.0360. The molecule has 1 aromatic heterocycles. The number of aromatic nitrogens is 2. The maximum absolute atomic E-state index is 9.17. The highest BCUT2D eigenvalue weighted by Crippen LogP contribution is 2.21. The molecular formula is C11H12N2O2. The van der Waals surface area contributed by atoms with E-state index in [1.807, 2.05) is 29.0 Å². The molecule has 0 saturated heterocycles. The molecule has 0 bridgehead atoms. The number of methoxy groups -OCH3 is 1. The first kappa shape index (κ1) is 9.73. The summed E-state index contributed by atoms with van der Waals surface area (Å²) in [5.41, 5.74) is 1.72. The number of aliphatic hydroxyl groups is 1. The molecule has 0 aliphatic heterocycles. The Morgan fingerprint density at radius 1 is 1.47 bits per heavy atom. The van der Waals surface area contributed by atoms with Gasteiger partial charge in [0.2, 0.25) is 0 Å². The van der Waals surface area contributed by atoms with Gasteiger partial charge >= 0.3 is 0 Å². The number of hydrogen-bond donors (Lipinski definition) is 1. The summed E-state index contributed by atoms with van der Waals surface area (Å²) in [7, 11) is 1.59. The molecule has 0 unspecified atom stereocenters. The van der Waals surface area contributed by atoms with E-state index < -0.39 is 0 Å². The zero-order chi connectivity index (χ0) is 10.7. The van der Waals surface area contributed by atoms with Crippen molar-refractivity contribution in [3.8, 4) is 11.4 Å². The van der Waals surface area contributed by atoms with Crippen LogP contribution >= 0.6 is 0 Å². The number of rotatable bonds is 3. The molecule has 0 saturated carbocycles. The van der Waals surface area contributed by atoms with Crippen LogP contribution in [0.5, 0.6) is 5.75 Å². The maximum Gasteiger partial charge on any atom is 0.124 e. The molecule has 1 heterocycles. The molecule has 1 aromatic carbocycles. The fourth-order valence-corrected chi connectivity index (χ4v) is 1.46. The second-order valence-electron chi connectivity index (χ2n) is 3.12. The first-order valence-corrected chi connectivity index (χ1v) is 4.61. The molecule has 4 heteroatoms. The smallest absolute Gasteiger partial charge is 0.124 e. The van der Waals surface area contributed by atoms with Gasteiger partial charge in [-0.15, -0.1) is 0 Å². The number of benzene rings is 1. The SMILES string of the molecule is COc1ccc(-n2ccnc2)cc1CO. The van der Waals surface area contributed by atoms with Gasteiger partial charge in [-0.2, -0.15) is 0 Å². The van der Waals surface area contributed by atoms with Gasteiger partial charge in [-0.3, -0.25) is 0 Å². The Morgan fingerprint density at radius 2 is 2.33 bits per heavy atom. The average molecular weight is 204 g/mol. The van der Waals surface area contributed by atoms with Crippen LogP contribution in [0, 0.1) is 0 Å². The Bertz CT molecular complexity index is 438. The van der Waals surface area contributed by atoms with Crippen LogP contribution in [0.3, 0.4) is 0 Å². The van der Waals surface area contributed by atoms with E-state index in [0.717, 1.165) is 11.3 Å². The van der Waals surface area contributed by atoms with Gasteiger partial charge in [0.05, 0.1) is 20.0 Å². The molecule has 2 aromatic rings. The first-order chi connectivity index (χ1) is 7.35. The van der Waals surface area contributed by atoms with Crippen molar-refractivity contribution in [1.29, 1.82) is 0 Å². The van der Waals surface area contributed by atoms with Gasteiger partial charge in [0.25, 0.3) is 0 Å². The molecule has 15 heavy (non-hydrogen) atoms. The van der Waals surface area contributed by atoms with Crippen LogP contribution < -0.4 is 4.74 Å². The summed E-state index contributed by atoms with van der Waals surface area (Å²) in [6, 6.07) is 5.63. The third-order valence-corrected chi connectivity index (χ3v) is 2.24. The van der Waals surface area contributed by atoms with Crippen molar-refractivity contribution >= 4 is 0 Å². The van der Waals surface area contributed by atoms with E-state index in [1.165, 1.54) is 0 Å². The molecule has 0 radical (unpaired) electrons. The Kier molecular flexibility index (Phi) is 2.69. The number of aliphatic hydroxyl groups excluding tert-OH is 1. The Hall–Kier alpha value is -1.81. The molecule has 0 amide bonds. The number of hydrogen-bond acceptors (Lipinski definition) is 3. The van der Waals surface area contributed by atoms with E-state index in [9.17, 15) is 0 Å². The topological polar surface area (TPSA) is 47.3 Å². The predicted molar refractivity (Wildman–Crippen MR) is 56.0 cm³/mol. The standard InChI is InChI=1S/C11H12N2O2/c1-15-11-3-2-10(6-9(11)7-14)13-5-4-12-8-13/h2-6,8,14H,7H2,1H3. The second-order valence-corrected chi connectivity index (χ2v) is 3.12. The monoisotopic (exact) mass is 204 g/mol. The van der Waals surface area contributed by atoms with Crippen molar-refractivity contribution in [2.24, 2.45) is 0 Å². The molecule has 0 atom stereocenters. The van der Waals surface area contributed by atoms with Crippen molar-refractivity contribution in [2.75, 3.05) is 7.11 Å². The lowest BCUT2D eigenvalue weighted by Gasteiger charge is -2.08. The average Bonchev–Trinajstić information content (AvgIpc) is 2.81. The van der Waals surface area contributed by atoms with Crippen LogP contribution in [0.25, 0.3) is 5.69 Å². The summed E-state index contributed by atoms with van der Waals surface area (Å²) < 4.78 is 7.00. The number of imidazole rings is 1. The molecule has 0 spiro atoms. The highest BCUT2D eigenvalue weighted by atomic mass is 16.5. The van der Waals surface area contributed by atoms with Crippen LogP contribution in [0.2, 0.25) is 0 Å². The predicted octanol–water partition coefficient (Wildman–Crippen LogP) is 1.37. The maximum atomic E-state index is 9.17. The van der Waals surface area contributed by atoms with E-state index >= 15 is 0 Å². The van der Waals surface area contributed by atoms with E-state index in [0.29, 0.717) is 5.75 Å². The molecule has 2 rings (SSSR count). The molecule has 1 N–H and O–H groups in total. The van der Waals surface area contributed by atoms with Crippen LogP contribution in [-0.2, 0) is 6.61 Å². The lowest BCUT2D eigenvalue weighted by molar-refractivity contribution is 0.273. The van der Waals surface area contributed by atoms with Gasteiger partial charge in [0.15, 0.2) is 0 Å². The van der Waals surface area contributed by atoms with E-state index in [-0.39, 0.29) is 6.61 Å². The highest BCUT2D eigenvalue weighted by Gasteiger charge is 2.03. The summed E-state index contributed by atoms with van der Waals surface area (Å²) in [6.07, 6.45) is 5.27. The van der Waals surface area contributed by atoms with Gasteiger partial charge in [-0.1, -0.05) is 0 Å². The van der Waals surface area contributed by atoms with Crippen molar-refractivity contribution < 1.29 is 9.84 Å². The lowest BCUT2D eigenvalue weighted by Crippen LogP contribution is -1.96. The van der Waals surface area contributed by atoms with Crippen molar-refractivity contribution in [1.82, 2.24) is 9.55 Å². The molecule has 0 fully saturated rings. The van der Waals surface area contributed by atoms with Gasteiger partial charge in [-0.05, 0) is 18.2 Å². The first-order valence-electron chi connectivity index (χ1n) is 4.61. The number of nitrogens with zero attached hydrogens (tertiary/aromatic N) is 2. The minimum atomic E-state index is -0.0360. The van der Waals surface area contributed by atoms with E-state index in [4.69, 9.17) is 9.84 Å². The lowest BCUT2D eigenvalue weighted by atomic mass is 10.2. The van der Waals surface area contributed by atoms with Crippen molar-refractivity contribution in [3.05, 3.63) is 42.5 Å². The Morgan fingerprint density at radius 3 is 2.93 bits per heavy atom.